The van der Waals surface area contributed by atoms with Crippen LogP contribution in [0.5, 0.6) is 11.5 Å². The second kappa shape index (κ2) is 7.03. The number of hydrogen-bond donors (Lipinski definition) is 1. The molecule has 2 aromatic rings. The Bertz CT molecular complexity index is 902. The van der Waals surface area contributed by atoms with Crippen LogP contribution in [0.15, 0.2) is 53.0 Å². The summed E-state index contributed by atoms with van der Waals surface area (Å²) in [5.41, 5.74) is 1.86. The monoisotopic (exact) mass is 355 g/mol. The first-order valence-corrected chi connectivity index (χ1v) is 8.75. The van der Waals surface area contributed by atoms with Gasteiger partial charge in [0.25, 0.3) is 0 Å². The Balaban J connectivity index is 2.06. The van der Waals surface area contributed by atoms with Gasteiger partial charge in [-0.15, -0.1) is 11.8 Å². The predicted octanol–water partition coefficient (Wildman–Crippen LogP) is 4.26. The minimum Gasteiger partial charge on any atom is -0.506 e. The zero-order valence-corrected chi connectivity index (χ0v) is 14.9. The van der Waals surface area contributed by atoms with E-state index in [2.05, 4.69) is 4.99 Å². The van der Waals surface area contributed by atoms with Crippen molar-refractivity contribution in [1.29, 1.82) is 0 Å². The molecule has 2 aromatic carbocycles. The zero-order valence-electron chi connectivity index (χ0n) is 14.1. The topological polar surface area (TPSA) is 68.1 Å². The Morgan fingerprint density at radius 3 is 2.32 bits per heavy atom. The van der Waals surface area contributed by atoms with Gasteiger partial charge in [-0.3, -0.25) is 4.79 Å². The van der Waals surface area contributed by atoms with Gasteiger partial charge in [0, 0.05) is 17.2 Å². The molecule has 1 aliphatic rings. The zero-order chi connectivity index (χ0) is 18.0. The molecule has 128 valence electrons. The van der Waals surface area contributed by atoms with E-state index in [-0.39, 0.29) is 17.1 Å². The van der Waals surface area contributed by atoms with Crippen LogP contribution < -0.4 is 9.47 Å². The van der Waals surface area contributed by atoms with E-state index in [1.54, 1.807) is 56.7 Å². The molecule has 1 N–H and O–H groups in total. The maximum Gasteiger partial charge on any atom is 0.200 e. The Hall–Kier alpha value is -2.73. The molecule has 5 nitrogen and oxygen atoms in total. The van der Waals surface area contributed by atoms with Crippen molar-refractivity contribution in [1.82, 2.24) is 0 Å². The van der Waals surface area contributed by atoms with Crippen LogP contribution in [0.25, 0.3) is 5.76 Å². The number of aliphatic hydroxyl groups excluding tert-OH is 1. The predicted molar refractivity (Wildman–Crippen MR) is 100 cm³/mol. The molecule has 0 saturated carbocycles. The van der Waals surface area contributed by atoms with Gasteiger partial charge in [0.15, 0.2) is 17.3 Å². The molecule has 0 heterocycles. The molecule has 0 aromatic heterocycles. The van der Waals surface area contributed by atoms with Crippen molar-refractivity contribution in [2.45, 2.75) is 0 Å². The minimum absolute atomic E-state index is 0.0332. The average Bonchev–Trinajstić information content (AvgIpc) is 2.91. The number of aliphatic imine (C=N–C) groups is 1. The fourth-order valence-corrected chi connectivity index (χ4v) is 3.27. The Morgan fingerprint density at radius 1 is 1.04 bits per heavy atom. The smallest absolute Gasteiger partial charge is 0.200 e. The highest BCUT2D eigenvalue weighted by Gasteiger charge is 2.32. The third-order valence-corrected chi connectivity index (χ3v) is 4.58. The Morgan fingerprint density at radius 2 is 1.72 bits per heavy atom. The lowest BCUT2D eigenvalue weighted by atomic mass is 10.1. The van der Waals surface area contributed by atoms with Crippen molar-refractivity contribution in [3.05, 3.63) is 59.2 Å². The Labute approximate surface area is 150 Å². The number of nitrogens with zero attached hydrogens (tertiary/aromatic N) is 1. The normalized spacial score (nSPS) is 13.9. The van der Waals surface area contributed by atoms with Gasteiger partial charge >= 0.3 is 0 Å². The van der Waals surface area contributed by atoms with Crippen LogP contribution in [0.2, 0.25) is 0 Å². The summed E-state index contributed by atoms with van der Waals surface area (Å²) in [7, 11) is 3.11. The second-order valence-corrected chi connectivity index (χ2v) is 6.05. The number of ether oxygens (including phenoxy) is 2. The number of Topliss-reactive ketones (excluding diaryl/α,β-unsaturated/α-hetero) is 1. The Kier molecular flexibility index (Phi) is 4.81. The lowest BCUT2D eigenvalue weighted by Crippen LogP contribution is -2.07. The van der Waals surface area contributed by atoms with E-state index in [9.17, 15) is 9.90 Å². The van der Waals surface area contributed by atoms with Gasteiger partial charge in [-0.1, -0.05) is 24.3 Å². The van der Waals surface area contributed by atoms with E-state index in [1.807, 2.05) is 6.26 Å². The van der Waals surface area contributed by atoms with Crippen LogP contribution in [-0.4, -0.2) is 36.4 Å². The van der Waals surface area contributed by atoms with Crippen molar-refractivity contribution >= 4 is 34.0 Å². The van der Waals surface area contributed by atoms with Crippen molar-refractivity contribution in [3.8, 4) is 11.5 Å². The van der Waals surface area contributed by atoms with E-state index in [1.165, 1.54) is 11.8 Å². The first-order chi connectivity index (χ1) is 12.1. The largest absolute Gasteiger partial charge is 0.506 e. The highest BCUT2D eigenvalue weighted by Crippen LogP contribution is 2.36. The lowest BCUT2D eigenvalue weighted by Gasteiger charge is -2.09. The molecule has 0 saturated heterocycles. The van der Waals surface area contributed by atoms with E-state index in [4.69, 9.17) is 9.47 Å². The van der Waals surface area contributed by atoms with E-state index < -0.39 is 0 Å². The van der Waals surface area contributed by atoms with Gasteiger partial charge < -0.3 is 14.6 Å². The van der Waals surface area contributed by atoms with Gasteiger partial charge in [-0.25, -0.2) is 4.99 Å². The fraction of sp³-hybridized carbons (Fsp3) is 0.158. The van der Waals surface area contributed by atoms with E-state index in [0.29, 0.717) is 33.4 Å². The van der Waals surface area contributed by atoms with Crippen LogP contribution in [-0.2, 0) is 0 Å². The van der Waals surface area contributed by atoms with Crippen LogP contribution >= 0.6 is 11.8 Å². The summed E-state index contributed by atoms with van der Waals surface area (Å²) in [6, 6.07) is 12.2. The lowest BCUT2D eigenvalue weighted by molar-refractivity contribution is 0.104. The van der Waals surface area contributed by atoms with Crippen molar-refractivity contribution in [3.63, 3.8) is 0 Å². The molecule has 0 spiro atoms. The molecule has 0 atom stereocenters. The number of rotatable bonds is 4. The molecule has 1 aliphatic carbocycles. The first kappa shape index (κ1) is 17.1. The number of hydrogen-bond acceptors (Lipinski definition) is 6. The molecule has 0 bridgehead atoms. The van der Waals surface area contributed by atoms with Gasteiger partial charge in [-0.2, -0.15) is 0 Å². The third kappa shape index (κ3) is 3.00. The molecule has 25 heavy (non-hydrogen) atoms. The maximum atomic E-state index is 12.7. The van der Waals surface area contributed by atoms with Crippen molar-refractivity contribution in [2.75, 3.05) is 20.5 Å². The molecule has 6 heteroatoms. The number of aliphatic hydroxyl groups is 1. The number of ketones is 1. The summed E-state index contributed by atoms with van der Waals surface area (Å²) in [4.78, 5) is 17.2. The third-order valence-electron chi connectivity index (χ3n) is 3.90. The number of fused-ring (bicyclic) bond motifs is 1. The van der Waals surface area contributed by atoms with Gasteiger partial charge in [0.2, 0.25) is 0 Å². The summed E-state index contributed by atoms with van der Waals surface area (Å²) in [6.07, 6.45) is 1.82. The summed E-state index contributed by atoms with van der Waals surface area (Å²) in [5, 5.41) is 10.9. The van der Waals surface area contributed by atoms with Gasteiger partial charge in [0.05, 0.1) is 25.5 Å². The van der Waals surface area contributed by atoms with Gasteiger partial charge in [-0.05, 0) is 18.4 Å². The molecular weight excluding hydrogens is 338 g/mol. The second-order valence-electron chi connectivity index (χ2n) is 5.26. The summed E-state index contributed by atoms with van der Waals surface area (Å²) in [6.45, 7) is 0. The summed E-state index contributed by atoms with van der Waals surface area (Å²) < 4.78 is 10.5. The van der Waals surface area contributed by atoms with Crippen LogP contribution in [0.4, 0.5) is 5.69 Å². The highest BCUT2D eigenvalue weighted by molar-refractivity contribution is 8.14. The van der Waals surface area contributed by atoms with E-state index in [0.717, 1.165) is 0 Å². The van der Waals surface area contributed by atoms with Crippen LogP contribution in [0.3, 0.4) is 0 Å². The molecule has 0 fully saturated rings. The minimum atomic E-state index is -0.221. The molecule has 0 aliphatic heterocycles. The number of methoxy groups -OCH3 is 2. The number of carbonyl (C=O) groups is 1. The van der Waals surface area contributed by atoms with Crippen LogP contribution in [0, 0.1) is 0 Å². The van der Waals surface area contributed by atoms with Gasteiger partial charge in [0.1, 0.15) is 10.8 Å². The van der Waals surface area contributed by atoms with Crippen molar-refractivity contribution < 1.29 is 19.4 Å². The first-order valence-electron chi connectivity index (χ1n) is 7.53. The summed E-state index contributed by atoms with van der Waals surface area (Å²) in [5.74, 6) is 0.887. The fourth-order valence-electron chi connectivity index (χ4n) is 2.68. The molecule has 3 rings (SSSR count). The standard InChI is InChI=1S/C19H17NO4S/c1-23-14-9-8-11(10-15(14)24-2)20-19(25-3)16-17(21)12-6-4-5-7-13(12)18(16)22/h4-10,21H,1-3H3. The SMILES string of the molecule is COc1ccc(N=C(SC)C2=C(O)c3ccccc3C2=O)cc1OC. The molecule has 0 unspecified atom stereocenters. The number of carbonyl (C=O) groups excluding carboxylic acids is 1. The number of thioether (sulfide) groups is 1. The molecular formula is C19H17NO4S. The van der Waals surface area contributed by atoms with E-state index >= 15 is 0 Å². The quantitative estimate of drug-likeness (QED) is 0.655. The van der Waals surface area contributed by atoms with Crippen molar-refractivity contribution in [2.24, 2.45) is 4.99 Å². The molecule has 0 amide bonds. The average molecular weight is 355 g/mol. The highest BCUT2D eigenvalue weighted by atomic mass is 32.2. The number of benzene rings is 2. The maximum absolute atomic E-state index is 12.7. The molecule has 0 radical (unpaired) electrons. The van der Waals surface area contributed by atoms with Crippen LogP contribution in [0.1, 0.15) is 15.9 Å². The summed E-state index contributed by atoms with van der Waals surface area (Å²) >= 11 is 1.30.